The van der Waals surface area contributed by atoms with Crippen LogP contribution in [-0.2, 0) is 22.7 Å². The molecule has 0 bridgehead atoms. The number of benzene rings is 1. The number of ether oxygens (including phenoxy) is 1. The molecule has 3 aromatic rings. The van der Waals surface area contributed by atoms with E-state index in [1.807, 2.05) is 36.4 Å². The van der Waals surface area contributed by atoms with Crippen molar-refractivity contribution in [3.05, 3.63) is 69.0 Å². The molecule has 0 amide bonds. The van der Waals surface area contributed by atoms with Gasteiger partial charge in [-0.2, -0.15) is 0 Å². The normalized spacial score (nSPS) is 17.5. The summed E-state index contributed by atoms with van der Waals surface area (Å²) < 4.78 is 6.56. The van der Waals surface area contributed by atoms with E-state index in [9.17, 15) is 14.7 Å². The zero-order valence-electron chi connectivity index (χ0n) is 14.9. The molecular formula is C21H17N3O4. The summed E-state index contributed by atoms with van der Waals surface area (Å²) in [7, 11) is 0. The molecule has 0 aliphatic carbocycles. The quantitative estimate of drug-likeness (QED) is 0.514. The van der Waals surface area contributed by atoms with Gasteiger partial charge in [-0.25, -0.2) is 9.78 Å². The molecule has 2 aromatic heterocycles. The molecular weight excluding hydrogens is 358 g/mol. The number of nitrogens with two attached hydrogens (primary N) is 1. The zero-order valence-corrected chi connectivity index (χ0v) is 14.9. The Morgan fingerprint density at radius 1 is 1.29 bits per heavy atom. The molecule has 5 rings (SSSR count). The highest BCUT2D eigenvalue weighted by molar-refractivity contribution is 5.93. The standard InChI is InChI=1S/C21H17N3O4/c22-7-3-5-11-12-4-1-2-6-16(12)23-18-14(11)9-24-17(18)8-13-15(20(24)26)10-28-21(27)19(13)25/h1-6,8,19,25H,7,9-10,22H2/b5-3+/t19-/m0/s1. The van der Waals surface area contributed by atoms with Gasteiger partial charge in [-0.15, -0.1) is 0 Å². The first-order chi connectivity index (χ1) is 13.6. The van der Waals surface area contributed by atoms with Gasteiger partial charge in [-0.1, -0.05) is 30.4 Å². The van der Waals surface area contributed by atoms with Crippen molar-refractivity contribution in [2.24, 2.45) is 5.73 Å². The summed E-state index contributed by atoms with van der Waals surface area (Å²) in [5, 5.41) is 11.2. The van der Waals surface area contributed by atoms with Gasteiger partial charge in [0.25, 0.3) is 5.56 Å². The van der Waals surface area contributed by atoms with Gasteiger partial charge < -0.3 is 20.1 Å². The van der Waals surface area contributed by atoms with E-state index in [0.29, 0.717) is 35.6 Å². The van der Waals surface area contributed by atoms with Crippen LogP contribution in [0.5, 0.6) is 0 Å². The third kappa shape index (κ3) is 2.27. The lowest BCUT2D eigenvalue weighted by Crippen LogP contribution is -2.32. The third-order valence-corrected chi connectivity index (χ3v) is 5.33. The molecule has 140 valence electrons. The molecule has 0 spiro atoms. The molecule has 1 atom stereocenters. The van der Waals surface area contributed by atoms with Gasteiger partial charge >= 0.3 is 5.97 Å². The van der Waals surface area contributed by atoms with Crippen LogP contribution in [0.15, 0.2) is 41.2 Å². The highest BCUT2D eigenvalue weighted by atomic mass is 16.5. The molecule has 0 unspecified atom stereocenters. The summed E-state index contributed by atoms with van der Waals surface area (Å²) in [6.45, 7) is 0.636. The zero-order chi connectivity index (χ0) is 19.4. The molecule has 7 nitrogen and oxygen atoms in total. The second-order valence-electron chi connectivity index (χ2n) is 6.87. The molecule has 0 saturated carbocycles. The number of pyridine rings is 2. The number of para-hydroxylation sites is 1. The number of aromatic nitrogens is 2. The topological polar surface area (TPSA) is 107 Å². The second-order valence-corrected chi connectivity index (χ2v) is 6.87. The molecule has 4 heterocycles. The minimum atomic E-state index is -1.46. The van der Waals surface area contributed by atoms with Crippen molar-refractivity contribution in [1.29, 1.82) is 0 Å². The Bertz CT molecular complexity index is 1240. The van der Waals surface area contributed by atoms with Crippen molar-refractivity contribution in [2.75, 3.05) is 6.54 Å². The van der Waals surface area contributed by atoms with Crippen LogP contribution in [0.4, 0.5) is 0 Å². The number of carbonyl (C=O) groups is 1. The van der Waals surface area contributed by atoms with Crippen molar-refractivity contribution in [3.8, 4) is 11.4 Å². The van der Waals surface area contributed by atoms with Crippen molar-refractivity contribution in [3.63, 3.8) is 0 Å². The molecule has 3 N–H and O–H groups in total. The van der Waals surface area contributed by atoms with Crippen molar-refractivity contribution in [2.45, 2.75) is 19.3 Å². The summed E-state index contributed by atoms with van der Waals surface area (Å²) in [4.78, 5) is 29.6. The number of rotatable bonds is 2. The van der Waals surface area contributed by atoms with Crippen LogP contribution in [0.3, 0.4) is 0 Å². The maximum Gasteiger partial charge on any atom is 0.340 e. The first kappa shape index (κ1) is 16.9. The Morgan fingerprint density at radius 3 is 2.93 bits per heavy atom. The summed E-state index contributed by atoms with van der Waals surface area (Å²) >= 11 is 0. The van der Waals surface area contributed by atoms with E-state index in [4.69, 9.17) is 15.5 Å². The number of hydrogen-bond donors (Lipinski definition) is 2. The second kappa shape index (κ2) is 6.12. The average molecular weight is 375 g/mol. The monoisotopic (exact) mass is 375 g/mol. The fourth-order valence-corrected chi connectivity index (χ4v) is 3.98. The number of carbonyl (C=O) groups excluding carboxylic acids is 1. The summed E-state index contributed by atoms with van der Waals surface area (Å²) in [5.74, 6) is -0.742. The van der Waals surface area contributed by atoms with E-state index in [-0.39, 0.29) is 12.2 Å². The highest BCUT2D eigenvalue weighted by Gasteiger charge is 2.34. The summed E-state index contributed by atoms with van der Waals surface area (Å²) in [6, 6.07) is 9.45. The molecule has 2 aliphatic rings. The molecule has 7 heteroatoms. The van der Waals surface area contributed by atoms with E-state index in [1.165, 1.54) is 0 Å². The fourth-order valence-electron chi connectivity index (χ4n) is 3.98. The van der Waals surface area contributed by atoms with E-state index in [2.05, 4.69) is 0 Å². The van der Waals surface area contributed by atoms with Crippen LogP contribution in [0, 0.1) is 0 Å². The van der Waals surface area contributed by atoms with Crippen LogP contribution in [-0.4, -0.2) is 27.2 Å². The highest BCUT2D eigenvalue weighted by Crippen LogP contribution is 2.38. The number of cyclic esters (lactones) is 1. The number of nitrogens with zero attached hydrogens (tertiary/aromatic N) is 2. The molecule has 0 radical (unpaired) electrons. The van der Waals surface area contributed by atoms with Crippen LogP contribution in [0.2, 0.25) is 0 Å². The largest absolute Gasteiger partial charge is 0.458 e. The first-order valence-electron chi connectivity index (χ1n) is 9.00. The van der Waals surface area contributed by atoms with Gasteiger partial charge in [-0.3, -0.25) is 4.79 Å². The van der Waals surface area contributed by atoms with Crippen molar-refractivity contribution >= 4 is 22.9 Å². The average Bonchev–Trinajstić information content (AvgIpc) is 3.07. The lowest BCUT2D eigenvalue weighted by molar-refractivity contribution is -0.157. The summed E-state index contributed by atoms with van der Waals surface area (Å²) in [5.41, 5.74) is 9.97. The number of aliphatic hydroxyl groups is 1. The first-order valence-corrected chi connectivity index (χ1v) is 9.00. The van der Waals surface area contributed by atoms with Crippen LogP contribution >= 0.6 is 0 Å². The van der Waals surface area contributed by atoms with E-state index >= 15 is 0 Å². The Morgan fingerprint density at radius 2 is 2.11 bits per heavy atom. The Labute approximate surface area is 159 Å². The van der Waals surface area contributed by atoms with Gasteiger partial charge in [0.15, 0.2) is 6.10 Å². The van der Waals surface area contributed by atoms with Gasteiger partial charge in [0.05, 0.1) is 29.0 Å². The van der Waals surface area contributed by atoms with E-state index < -0.39 is 12.1 Å². The lowest BCUT2D eigenvalue weighted by Gasteiger charge is -2.21. The number of aliphatic hydroxyl groups excluding tert-OH is 1. The molecule has 0 fully saturated rings. The van der Waals surface area contributed by atoms with E-state index in [1.54, 1.807) is 10.6 Å². The Hall–Kier alpha value is -3.29. The van der Waals surface area contributed by atoms with Crippen molar-refractivity contribution < 1.29 is 14.6 Å². The predicted octanol–water partition coefficient (Wildman–Crippen LogP) is 1.49. The number of esters is 1. The minimum Gasteiger partial charge on any atom is -0.458 e. The lowest BCUT2D eigenvalue weighted by atomic mass is 9.98. The SMILES string of the molecule is NC/C=C/c1c2c(nc3ccccc13)-c1cc3c(c(=O)n1C2)COC(=O)[C@H]3O. The van der Waals surface area contributed by atoms with Crippen LogP contribution < -0.4 is 11.3 Å². The molecule has 28 heavy (non-hydrogen) atoms. The van der Waals surface area contributed by atoms with Crippen LogP contribution in [0.25, 0.3) is 28.4 Å². The van der Waals surface area contributed by atoms with Gasteiger partial charge in [0.1, 0.15) is 6.61 Å². The smallest absolute Gasteiger partial charge is 0.340 e. The van der Waals surface area contributed by atoms with Crippen molar-refractivity contribution in [1.82, 2.24) is 9.55 Å². The maximum atomic E-state index is 13.0. The number of hydrogen-bond acceptors (Lipinski definition) is 6. The Kier molecular flexibility index (Phi) is 3.68. The molecule has 2 aliphatic heterocycles. The summed E-state index contributed by atoms with van der Waals surface area (Å²) in [6.07, 6.45) is 2.37. The molecule has 0 saturated heterocycles. The minimum absolute atomic E-state index is 0.129. The van der Waals surface area contributed by atoms with Gasteiger partial charge in [0, 0.05) is 23.1 Å². The molecule has 1 aromatic carbocycles. The Balaban J connectivity index is 1.82. The number of fused-ring (bicyclic) bond motifs is 5. The van der Waals surface area contributed by atoms with Crippen LogP contribution in [0.1, 0.15) is 28.4 Å². The van der Waals surface area contributed by atoms with E-state index in [0.717, 1.165) is 22.0 Å². The third-order valence-electron chi connectivity index (χ3n) is 5.33. The van der Waals surface area contributed by atoms with Gasteiger partial charge in [0.2, 0.25) is 0 Å². The fraction of sp³-hybridized carbons (Fsp3) is 0.190. The van der Waals surface area contributed by atoms with Gasteiger partial charge in [-0.05, 0) is 17.7 Å². The predicted molar refractivity (Wildman–Crippen MR) is 103 cm³/mol. The maximum absolute atomic E-state index is 13.0.